The third-order valence-electron chi connectivity index (χ3n) is 3.69. The Morgan fingerprint density at radius 2 is 1.80 bits per heavy atom. The maximum absolute atomic E-state index is 12.1. The molecule has 0 aliphatic rings. The summed E-state index contributed by atoms with van der Waals surface area (Å²) < 4.78 is 37.7. The number of nitrogens with one attached hydrogen (secondary N) is 1. The number of hydrogen-bond acceptors (Lipinski definition) is 4. The summed E-state index contributed by atoms with van der Waals surface area (Å²) in [6, 6.07) is 9.51. The highest BCUT2D eigenvalue weighted by Gasteiger charge is 2.16. The number of benzene rings is 2. The molecule has 1 amide bonds. The van der Waals surface area contributed by atoms with E-state index in [-0.39, 0.29) is 16.9 Å². The third-order valence-corrected chi connectivity index (χ3v) is 4.60. The molecule has 0 aliphatic carbocycles. The van der Waals surface area contributed by atoms with Gasteiger partial charge >= 0.3 is 0 Å². The Labute approximate surface area is 147 Å². The summed E-state index contributed by atoms with van der Waals surface area (Å²) in [5.74, 6) is -0.144. The average Bonchev–Trinajstić information content (AvgIpc) is 2.53. The molecule has 0 aliphatic heterocycles. The molecule has 7 heteroatoms. The molecule has 136 valence electrons. The van der Waals surface area contributed by atoms with Crippen LogP contribution in [0.15, 0.2) is 41.3 Å². The standard InChI is InChI=1S/C18H23NO5S/c1-13(2)24-12-6-5-9-18(20)19-16-10-11-17(25(21,22)23)15-8-4-3-7-14(15)16/h3-4,7-8,10-11,13H,5-6,9,12H2,1-2H3,(H,19,20)(H,21,22,23). The zero-order chi connectivity index (χ0) is 18.4. The van der Waals surface area contributed by atoms with Crippen molar-refractivity contribution < 1.29 is 22.5 Å². The zero-order valence-electron chi connectivity index (χ0n) is 14.4. The molecule has 2 aromatic carbocycles. The summed E-state index contributed by atoms with van der Waals surface area (Å²) in [7, 11) is -4.33. The van der Waals surface area contributed by atoms with Crippen molar-refractivity contribution in [2.75, 3.05) is 11.9 Å². The van der Waals surface area contributed by atoms with Crippen molar-refractivity contribution in [1.82, 2.24) is 0 Å². The van der Waals surface area contributed by atoms with Crippen LogP contribution in [0.25, 0.3) is 10.8 Å². The number of unbranched alkanes of at least 4 members (excludes halogenated alkanes) is 1. The molecule has 0 saturated heterocycles. The lowest BCUT2D eigenvalue weighted by molar-refractivity contribution is -0.116. The molecule has 2 rings (SSSR count). The highest BCUT2D eigenvalue weighted by molar-refractivity contribution is 7.86. The number of anilines is 1. The number of carbonyl (C=O) groups excluding carboxylic acids is 1. The second-order valence-corrected chi connectivity index (χ2v) is 7.45. The van der Waals surface area contributed by atoms with E-state index < -0.39 is 10.1 Å². The van der Waals surface area contributed by atoms with E-state index in [0.717, 1.165) is 6.42 Å². The lowest BCUT2D eigenvalue weighted by Crippen LogP contribution is -2.12. The molecule has 2 N–H and O–H groups in total. The Morgan fingerprint density at radius 1 is 1.12 bits per heavy atom. The summed E-state index contributed by atoms with van der Waals surface area (Å²) in [4.78, 5) is 11.9. The molecule has 0 radical (unpaired) electrons. The van der Waals surface area contributed by atoms with E-state index in [1.165, 1.54) is 12.1 Å². The lowest BCUT2D eigenvalue weighted by Gasteiger charge is -2.11. The van der Waals surface area contributed by atoms with E-state index in [1.807, 2.05) is 13.8 Å². The molecule has 0 atom stereocenters. The van der Waals surface area contributed by atoms with Crippen LogP contribution in [-0.2, 0) is 19.6 Å². The Balaban J connectivity index is 2.08. The van der Waals surface area contributed by atoms with Gasteiger partial charge in [-0.25, -0.2) is 0 Å². The van der Waals surface area contributed by atoms with Gasteiger partial charge in [-0.1, -0.05) is 24.3 Å². The van der Waals surface area contributed by atoms with Crippen LogP contribution in [0, 0.1) is 0 Å². The van der Waals surface area contributed by atoms with Crippen molar-refractivity contribution >= 4 is 32.5 Å². The van der Waals surface area contributed by atoms with Crippen molar-refractivity contribution in [3.8, 4) is 0 Å². The number of ether oxygens (including phenoxy) is 1. The van der Waals surface area contributed by atoms with Crippen molar-refractivity contribution in [2.45, 2.75) is 44.1 Å². The smallest absolute Gasteiger partial charge is 0.295 e. The number of amides is 1. The second kappa shape index (κ2) is 8.42. The fraction of sp³-hybridized carbons (Fsp3) is 0.389. The molecule has 0 aromatic heterocycles. The zero-order valence-corrected chi connectivity index (χ0v) is 15.2. The van der Waals surface area contributed by atoms with Crippen LogP contribution in [0.2, 0.25) is 0 Å². The molecule has 0 heterocycles. The summed E-state index contributed by atoms with van der Waals surface area (Å²) in [6.07, 6.45) is 2.05. The first kappa shape index (κ1) is 19.4. The van der Waals surface area contributed by atoms with Crippen molar-refractivity contribution in [3.05, 3.63) is 36.4 Å². The van der Waals surface area contributed by atoms with Gasteiger partial charge in [-0.15, -0.1) is 0 Å². The number of hydrogen-bond donors (Lipinski definition) is 2. The summed E-state index contributed by atoms with van der Waals surface area (Å²) in [5, 5.41) is 3.74. The van der Waals surface area contributed by atoms with Gasteiger partial charge in [0.05, 0.1) is 6.10 Å². The maximum Gasteiger partial charge on any atom is 0.295 e. The van der Waals surface area contributed by atoms with Crippen LogP contribution >= 0.6 is 0 Å². The topological polar surface area (TPSA) is 92.7 Å². The molecular weight excluding hydrogens is 342 g/mol. The highest BCUT2D eigenvalue weighted by Crippen LogP contribution is 2.29. The van der Waals surface area contributed by atoms with Crippen LogP contribution in [0.1, 0.15) is 33.1 Å². The van der Waals surface area contributed by atoms with E-state index >= 15 is 0 Å². The fourth-order valence-electron chi connectivity index (χ4n) is 2.52. The van der Waals surface area contributed by atoms with Crippen LogP contribution in [0.4, 0.5) is 5.69 Å². The SMILES string of the molecule is CC(C)OCCCCC(=O)Nc1ccc(S(=O)(=O)O)c2ccccc12. The molecular formula is C18H23NO5S. The quantitative estimate of drug-likeness (QED) is 0.550. The van der Waals surface area contributed by atoms with Gasteiger partial charge in [-0.3, -0.25) is 9.35 Å². The monoisotopic (exact) mass is 365 g/mol. The van der Waals surface area contributed by atoms with Crippen LogP contribution in [-0.4, -0.2) is 31.6 Å². The van der Waals surface area contributed by atoms with Crippen molar-refractivity contribution in [2.24, 2.45) is 0 Å². The third kappa shape index (κ3) is 5.52. The first-order valence-electron chi connectivity index (χ1n) is 8.19. The van der Waals surface area contributed by atoms with Gasteiger partial charge < -0.3 is 10.1 Å². The summed E-state index contributed by atoms with van der Waals surface area (Å²) >= 11 is 0. The lowest BCUT2D eigenvalue weighted by atomic mass is 10.1. The van der Waals surface area contributed by atoms with E-state index in [4.69, 9.17) is 4.74 Å². The molecule has 0 saturated carbocycles. The minimum Gasteiger partial charge on any atom is -0.379 e. The van der Waals surface area contributed by atoms with E-state index in [2.05, 4.69) is 5.32 Å². The van der Waals surface area contributed by atoms with Crippen LogP contribution < -0.4 is 5.32 Å². The molecule has 25 heavy (non-hydrogen) atoms. The Kier molecular flexibility index (Phi) is 6.52. The molecule has 2 aromatic rings. The van der Waals surface area contributed by atoms with Gasteiger partial charge in [-0.05, 0) is 38.8 Å². The molecule has 0 spiro atoms. The minimum atomic E-state index is -4.33. The molecule has 0 fully saturated rings. The van der Waals surface area contributed by atoms with Gasteiger partial charge in [-0.2, -0.15) is 8.42 Å². The van der Waals surface area contributed by atoms with Crippen LogP contribution in [0.5, 0.6) is 0 Å². The molecule has 6 nitrogen and oxygen atoms in total. The molecule has 0 bridgehead atoms. The maximum atomic E-state index is 12.1. The fourth-order valence-corrected chi connectivity index (χ4v) is 3.22. The van der Waals surface area contributed by atoms with Gasteiger partial charge in [0.15, 0.2) is 0 Å². The van der Waals surface area contributed by atoms with Gasteiger partial charge in [0.2, 0.25) is 5.91 Å². The van der Waals surface area contributed by atoms with E-state index in [9.17, 15) is 17.8 Å². The van der Waals surface area contributed by atoms with Gasteiger partial charge in [0.1, 0.15) is 4.90 Å². The molecule has 0 unspecified atom stereocenters. The number of fused-ring (bicyclic) bond motifs is 1. The first-order valence-corrected chi connectivity index (χ1v) is 9.63. The number of rotatable bonds is 8. The van der Waals surface area contributed by atoms with Gasteiger partial charge in [0, 0.05) is 29.5 Å². The van der Waals surface area contributed by atoms with Gasteiger partial charge in [0.25, 0.3) is 10.1 Å². The van der Waals surface area contributed by atoms with Crippen LogP contribution in [0.3, 0.4) is 0 Å². The second-order valence-electron chi connectivity index (χ2n) is 6.06. The predicted molar refractivity (Wildman–Crippen MR) is 97.3 cm³/mol. The highest BCUT2D eigenvalue weighted by atomic mass is 32.2. The van der Waals surface area contributed by atoms with E-state index in [0.29, 0.717) is 35.9 Å². The normalized spacial score (nSPS) is 11.8. The minimum absolute atomic E-state index is 0.144. The summed E-state index contributed by atoms with van der Waals surface area (Å²) in [6.45, 7) is 4.55. The number of carbonyl (C=O) groups is 1. The Bertz CT molecular complexity index is 846. The average molecular weight is 365 g/mol. The Hall–Kier alpha value is -1.96. The van der Waals surface area contributed by atoms with Crippen molar-refractivity contribution in [1.29, 1.82) is 0 Å². The largest absolute Gasteiger partial charge is 0.379 e. The predicted octanol–water partition coefficient (Wildman–Crippen LogP) is 3.62. The van der Waals surface area contributed by atoms with Crippen molar-refractivity contribution in [3.63, 3.8) is 0 Å². The van der Waals surface area contributed by atoms with E-state index in [1.54, 1.807) is 24.3 Å². The summed E-state index contributed by atoms with van der Waals surface area (Å²) in [5.41, 5.74) is 0.520. The first-order chi connectivity index (χ1) is 11.8. The Morgan fingerprint density at radius 3 is 2.44 bits per heavy atom.